The van der Waals surface area contributed by atoms with E-state index in [2.05, 4.69) is 49.5 Å². The van der Waals surface area contributed by atoms with Gasteiger partial charge in [-0.1, -0.05) is 49.2 Å². The van der Waals surface area contributed by atoms with Crippen LogP contribution >= 0.6 is 0 Å². The highest BCUT2D eigenvalue weighted by atomic mass is 16.5. The summed E-state index contributed by atoms with van der Waals surface area (Å²) in [6.07, 6.45) is 2.41. The van der Waals surface area contributed by atoms with E-state index in [-0.39, 0.29) is 0 Å². The Bertz CT molecular complexity index is 593. The Kier molecular flexibility index (Phi) is 6.95. The first-order chi connectivity index (χ1) is 11.2. The molecule has 23 heavy (non-hydrogen) atoms. The fourth-order valence-electron chi connectivity index (χ4n) is 2.32. The third kappa shape index (κ3) is 5.61. The smallest absolute Gasteiger partial charge is 0.161 e. The van der Waals surface area contributed by atoms with Gasteiger partial charge in [0.15, 0.2) is 11.5 Å². The topological polar surface area (TPSA) is 30.5 Å². The fraction of sp³-hybridized carbons (Fsp3) is 0.400. The Hall–Kier alpha value is -2.00. The van der Waals surface area contributed by atoms with E-state index in [1.165, 1.54) is 24.0 Å². The van der Waals surface area contributed by atoms with Gasteiger partial charge in [0.25, 0.3) is 0 Å². The minimum Gasteiger partial charge on any atom is -0.493 e. The van der Waals surface area contributed by atoms with Crippen LogP contribution in [0.15, 0.2) is 42.5 Å². The third-order valence-corrected chi connectivity index (χ3v) is 3.78. The van der Waals surface area contributed by atoms with Crippen LogP contribution in [-0.2, 0) is 13.2 Å². The SMILES string of the molecule is CCCCNCc1ccc(OCc2ccc(C)cc2)c(OC)c1. The van der Waals surface area contributed by atoms with E-state index in [9.17, 15) is 0 Å². The van der Waals surface area contributed by atoms with Gasteiger partial charge >= 0.3 is 0 Å². The van der Waals surface area contributed by atoms with Gasteiger partial charge in [0.2, 0.25) is 0 Å². The molecule has 0 spiro atoms. The minimum absolute atomic E-state index is 0.546. The van der Waals surface area contributed by atoms with Crippen LogP contribution in [0.4, 0.5) is 0 Å². The number of hydrogen-bond donors (Lipinski definition) is 1. The molecule has 0 aliphatic carbocycles. The number of nitrogens with one attached hydrogen (secondary N) is 1. The van der Waals surface area contributed by atoms with E-state index < -0.39 is 0 Å². The molecule has 124 valence electrons. The van der Waals surface area contributed by atoms with Crippen molar-refractivity contribution in [1.82, 2.24) is 5.32 Å². The molecule has 2 aromatic carbocycles. The second-order valence-electron chi connectivity index (χ2n) is 5.79. The Labute approximate surface area is 139 Å². The van der Waals surface area contributed by atoms with Crippen molar-refractivity contribution in [1.29, 1.82) is 0 Å². The summed E-state index contributed by atoms with van der Waals surface area (Å²) in [7, 11) is 1.68. The zero-order valence-electron chi connectivity index (χ0n) is 14.4. The summed E-state index contributed by atoms with van der Waals surface area (Å²) in [6, 6.07) is 14.5. The number of ether oxygens (including phenoxy) is 2. The molecule has 0 radical (unpaired) electrons. The molecule has 0 aromatic heterocycles. The minimum atomic E-state index is 0.546. The van der Waals surface area contributed by atoms with Crippen LogP contribution in [0.25, 0.3) is 0 Å². The van der Waals surface area contributed by atoms with Crippen molar-refractivity contribution in [2.75, 3.05) is 13.7 Å². The number of rotatable bonds is 9. The van der Waals surface area contributed by atoms with Gasteiger partial charge < -0.3 is 14.8 Å². The van der Waals surface area contributed by atoms with E-state index in [1.54, 1.807) is 7.11 Å². The molecular weight excluding hydrogens is 286 g/mol. The van der Waals surface area contributed by atoms with Crippen molar-refractivity contribution >= 4 is 0 Å². The summed E-state index contributed by atoms with van der Waals surface area (Å²) in [5, 5.41) is 3.44. The molecule has 3 nitrogen and oxygen atoms in total. The molecule has 0 aliphatic rings. The summed E-state index contributed by atoms with van der Waals surface area (Å²) in [5.41, 5.74) is 3.62. The molecular formula is C20H27NO2. The van der Waals surface area contributed by atoms with Crippen molar-refractivity contribution in [3.63, 3.8) is 0 Å². The Morgan fingerprint density at radius 2 is 1.70 bits per heavy atom. The lowest BCUT2D eigenvalue weighted by Gasteiger charge is -2.13. The highest BCUT2D eigenvalue weighted by molar-refractivity contribution is 5.43. The van der Waals surface area contributed by atoms with E-state index in [1.807, 2.05) is 12.1 Å². The lowest BCUT2D eigenvalue weighted by Crippen LogP contribution is -2.14. The van der Waals surface area contributed by atoms with Crippen molar-refractivity contribution in [3.8, 4) is 11.5 Å². The van der Waals surface area contributed by atoms with Crippen molar-refractivity contribution in [3.05, 3.63) is 59.2 Å². The van der Waals surface area contributed by atoms with Crippen molar-refractivity contribution in [2.24, 2.45) is 0 Å². The van der Waals surface area contributed by atoms with Gasteiger partial charge in [-0.3, -0.25) is 0 Å². The normalized spacial score (nSPS) is 10.6. The van der Waals surface area contributed by atoms with E-state index in [0.717, 1.165) is 30.2 Å². The molecule has 0 atom stereocenters. The summed E-state index contributed by atoms with van der Waals surface area (Å²) in [5.74, 6) is 1.57. The third-order valence-electron chi connectivity index (χ3n) is 3.78. The maximum atomic E-state index is 5.91. The van der Waals surface area contributed by atoms with Gasteiger partial charge in [0.05, 0.1) is 7.11 Å². The average molecular weight is 313 g/mol. The van der Waals surface area contributed by atoms with Gasteiger partial charge in [-0.2, -0.15) is 0 Å². The first-order valence-electron chi connectivity index (χ1n) is 8.29. The Morgan fingerprint density at radius 3 is 2.39 bits per heavy atom. The standard InChI is InChI=1S/C20H27NO2/c1-4-5-12-21-14-18-10-11-19(20(13-18)22-3)23-15-17-8-6-16(2)7-9-17/h6-11,13,21H,4-5,12,14-15H2,1-3H3. The van der Waals surface area contributed by atoms with Gasteiger partial charge in [-0.15, -0.1) is 0 Å². The predicted molar refractivity (Wildman–Crippen MR) is 95.1 cm³/mol. The second kappa shape index (κ2) is 9.21. The van der Waals surface area contributed by atoms with E-state index in [0.29, 0.717) is 6.61 Å². The number of hydrogen-bond acceptors (Lipinski definition) is 3. The van der Waals surface area contributed by atoms with Crippen LogP contribution in [-0.4, -0.2) is 13.7 Å². The van der Waals surface area contributed by atoms with Crippen LogP contribution in [0, 0.1) is 6.92 Å². The molecule has 0 saturated heterocycles. The molecule has 0 heterocycles. The van der Waals surface area contributed by atoms with Gasteiger partial charge in [0.1, 0.15) is 6.61 Å². The highest BCUT2D eigenvalue weighted by Gasteiger charge is 2.06. The summed E-state index contributed by atoms with van der Waals surface area (Å²) < 4.78 is 11.4. The van der Waals surface area contributed by atoms with Crippen LogP contribution in [0.2, 0.25) is 0 Å². The molecule has 0 aliphatic heterocycles. The summed E-state index contributed by atoms with van der Waals surface area (Å²) >= 11 is 0. The van der Waals surface area contributed by atoms with Gasteiger partial charge in [0, 0.05) is 6.54 Å². The molecule has 2 rings (SSSR count). The highest BCUT2D eigenvalue weighted by Crippen LogP contribution is 2.28. The molecule has 0 saturated carbocycles. The fourth-order valence-corrected chi connectivity index (χ4v) is 2.32. The maximum Gasteiger partial charge on any atom is 0.161 e. The summed E-state index contributed by atoms with van der Waals surface area (Å²) in [4.78, 5) is 0. The summed E-state index contributed by atoms with van der Waals surface area (Å²) in [6.45, 7) is 6.73. The Balaban J connectivity index is 1.94. The predicted octanol–water partition coefficient (Wildman–Crippen LogP) is 4.47. The maximum absolute atomic E-state index is 5.91. The van der Waals surface area contributed by atoms with Crippen LogP contribution in [0.1, 0.15) is 36.5 Å². The lowest BCUT2D eigenvalue weighted by atomic mass is 10.1. The number of benzene rings is 2. The number of unbranched alkanes of at least 4 members (excludes halogenated alkanes) is 1. The first kappa shape index (κ1) is 17.4. The van der Waals surface area contributed by atoms with Crippen LogP contribution in [0.3, 0.4) is 0 Å². The molecule has 2 aromatic rings. The van der Waals surface area contributed by atoms with E-state index in [4.69, 9.17) is 9.47 Å². The molecule has 0 amide bonds. The Morgan fingerprint density at radius 1 is 0.957 bits per heavy atom. The molecule has 1 N–H and O–H groups in total. The zero-order chi connectivity index (χ0) is 16.5. The van der Waals surface area contributed by atoms with Crippen molar-refractivity contribution < 1.29 is 9.47 Å². The van der Waals surface area contributed by atoms with Crippen LogP contribution in [0.5, 0.6) is 11.5 Å². The second-order valence-corrected chi connectivity index (χ2v) is 5.79. The number of methoxy groups -OCH3 is 1. The number of aryl methyl sites for hydroxylation is 1. The first-order valence-corrected chi connectivity index (χ1v) is 8.29. The molecule has 3 heteroatoms. The molecule has 0 bridgehead atoms. The molecule has 0 fully saturated rings. The monoisotopic (exact) mass is 313 g/mol. The van der Waals surface area contributed by atoms with Gasteiger partial charge in [-0.25, -0.2) is 0 Å². The largest absolute Gasteiger partial charge is 0.493 e. The lowest BCUT2D eigenvalue weighted by molar-refractivity contribution is 0.284. The average Bonchev–Trinajstić information content (AvgIpc) is 2.58. The van der Waals surface area contributed by atoms with Crippen molar-refractivity contribution in [2.45, 2.75) is 39.8 Å². The van der Waals surface area contributed by atoms with E-state index >= 15 is 0 Å². The molecule has 0 unspecified atom stereocenters. The van der Waals surface area contributed by atoms with Crippen LogP contribution < -0.4 is 14.8 Å². The zero-order valence-corrected chi connectivity index (χ0v) is 14.4. The quantitative estimate of drug-likeness (QED) is 0.693. The van der Waals surface area contributed by atoms with Gasteiger partial charge in [-0.05, 0) is 43.1 Å².